The number of rotatable bonds is 4. The molecule has 0 spiro atoms. The maximum Gasteiger partial charge on any atom is 0.258 e. The third-order valence-corrected chi connectivity index (χ3v) is 6.40. The molecule has 3 heteroatoms. The van der Waals surface area contributed by atoms with Gasteiger partial charge in [-0.1, -0.05) is 17.7 Å². The molecule has 1 amide bonds. The molecule has 0 saturated heterocycles. The van der Waals surface area contributed by atoms with Crippen LogP contribution in [0.2, 0.25) is 0 Å². The quantitative estimate of drug-likeness (QED) is 0.905. The van der Waals surface area contributed by atoms with E-state index >= 15 is 0 Å². The van der Waals surface area contributed by atoms with E-state index in [2.05, 4.69) is 24.4 Å². The number of amides is 1. The molecule has 0 aromatic heterocycles. The SMILES string of the molecule is Cc1cc(C)c(OCC(=O)NC23CC4CC(CC(C4)C2)C3)c(C)c1. The van der Waals surface area contributed by atoms with Crippen LogP contribution in [0.3, 0.4) is 0 Å². The zero-order valence-corrected chi connectivity index (χ0v) is 15.2. The minimum Gasteiger partial charge on any atom is -0.483 e. The molecule has 4 fully saturated rings. The van der Waals surface area contributed by atoms with Gasteiger partial charge in [-0.05, 0) is 88.2 Å². The smallest absolute Gasteiger partial charge is 0.258 e. The van der Waals surface area contributed by atoms with Crippen molar-refractivity contribution in [3.63, 3.8) is 0 Å². The van der Waals surface area contributed by atoms with Crippen LogP contribution in [0.1, 0.15) is 55.2 Å². The summed E-state index contributed by atoms with van der Waals surface area (Å²) in [6, 6.07) is 4.22. The molecule has 3 nitrogen and oxygen atoms in total. The van der Waals surface area contributed by atoms with E-state index in [-0.39, 0.29) is 18.1 Å². The molecule has 24 heavy (non-hydrogen) atoms. The van der Waals surface area contributed by atoms with E-state index in [1.165, 1.54) is 44.1 Å². The average molecular weight is 327 g/mol. The summed E-state index contributed by atoms with van der Waals surface area (Å²) in [5, 5.41) is 3.38. The highest BCUT2D eigenvalue weighted by Gasteiger charge is 2.51. The van der Waals surface area contributed by atoms with Crippen molar-refractivity contribution >= 4 is 5.91 Å². The number of ether oxygens (including phenoxy) is 1. The second kappa shape index (κ2) is 5.79. The Morgan fingerprint density at radius 3 is 2.04 bits per heavy atom. The van der Waals surface area contributed by atoms with Gasteiger partial charge in [-0.2, -0.15) is 0 Å². The highest BCUT2D eigenvalue weighted by atomic mass is 16.5. The molecule has 0 heterocycles. The lowest BCUT2D eigenvalue weighted by Crippen LogP contribution is -2.60. The van der Waals surface area contributed by atoms with Gasteiger partial charge in [-0.3, -0.25) is 4.79 Å². The van der Waals surface area contributed by atoms with Crippen LogP contribution < -0.4 is 10.1 Å². The first-order valence-corrected chi connectivity index (χ1v) is 9.44. The number of carbonyl (C=O) groups is 1. The summed E-state index contributed by atoms with van der Waals surface area (Å²) in [6.07, 6.45) is 7.75. The lowest BCUT2D eigenvalue weighted by Gasteiger charge is -2.56. The summed E-state index contributed by atoms with van der Waals surface area (Å²) < 4.78 is 5.89. The number of aryl methyl sites for hydroxylation is 3. The van der Waals surface area contributed by atoms with E-state index in [1.807, 2.05) is 13.8 Å². The van der Waals surface area contributed by atoms with Gasteiger partial charge in [-0.25, -0.2) is 0 Å². The lowest BCUT2D eigenvalue weighted by atomic mass is 9.53. The van der Waals surface area contributed by atoms with Crippen molar-refractivity contribution in [2.45, 2.75) is 64.8 Å². The standard InChI is InChI=1S/C21H29NO2/c1-13-4-14(2)20(15(3)5-13)24-12-19(23)22-21-9-16-6-17(10-21)8-18(7-16)11-21/h4-5,16-18H,6-12H2,1-3H3,(H,22,23). The van der Waals surface area contributed by atoms with Gasteiger partial charge in [0.2, 0.25) is 0 Å². The van der Waals surface area contributed by atoms with Gasteiger partial charge < -0.3 is 10.1 Å². The number of hydrogen-bond acceptors (Lipinski definition) is 2. The molecule has 0 aliphatic heterocycles. The summed E-state index contributed by atoms with van der Waals surface area (Å²) in [6.45, 7) is 6.31. The first kappa shape index (κ1) is 16.0. The molecule has 0 atom stereocenters. The summed E-state index contributed by atoms with van der Waals surface area (Å²) in [5.74, 6) is 3.45. The van der Waals surface area contributed by atoms with Crippen molar-refractivity contribution in [2.24, 2.45) is 17.8 Å². The monoisotopic (exact) mass is 327 g/mol. The van der Waals surface area contributed by atoms with E-state index in [9.17, 15) is 4.79 Å². The molecule has 4 saturated carbocycles. The van der Waals surface area contributed by atoms with Gasteiger partial charge in [0.15, 0.2) is 6.61 Å². The first-order valence-electron chi connectivity index (χ1n) is 9.44. The Labute approximate surface area is 145 Å². The minimum atomic E-state index is 0.0522. The minimum absolute atomic E-state index is 0.0522. The molecule has 1 aromatic rings. The van der Waals surface area contributed by atoms with Crippen LogP contribution in [0, 0.1) is 38.5 Å². The Morgan fingerprint density at radius 1 is 1.04 bits per heavy atom. The van der Waals surface area contributed by atoms with Crippen molar-refractivity contribution in [3.05, 3.63) is 28.8 Å². The zero-order chi connectivity index (χ0) is 16.9. The van der Waals surface area contributed by atoms with Crippen molar-refractivity contribution < 1.29 is 9.53 Å². The average Bonchev–Trinajstić information content (AvgIpc) is 2.43. The highest BCUT2D eigenvalue weighted by Crippen LogP contribution is 2.55. The van der Waals surface area contributed by atoms with E-state index in [0.717, 1.165) is 34.6 Å². The van der Waals surface area contributed by atoms with Crippen molar-refractivity contribution in [1.82, 2.24) is 5.32 Å². The largest absolute Gasteiger partial charge is 0.483 e. The van der Waals surface area contributed by atoms with Gasteiger partial charge >= 0.3 is 0 Å². The zero-order valence-electron chi connectivity index (χ0n) is 15.2. The van der Waals surface area contributed by atoms with Crippen LogP contribution in [0.5, 0.6) is 5.75 Å². The normalized spacial score (nSPS) is 33.5. The van der Waals surface area contributed by atoms with Gasteiger partial charge in [-0.15, -0.1) is 0 Å². The predicted octanol–water partition coefficient (Wildman–Crippen LogP) is 4.08. The second-order valence-electron chi connectivity index (χ2n) is 8.76. The topological polar surface area (TPSA) is 38.3 Å². The van der Waals surface area contributed by atoms with Crippen molar-refractivity contribution in [3.8, 4) is 5.75 Å². The third-order valence-electron chi connectivity index (χ3n) is 6.40. The number of nitrogens with one attached hydrogen (secondary N) is 1. The Balaban J connectivity index is 1.39. The number of benzene rings is 1. The molecular weight excluding hydrogens is 298 g/mol. The van der Waals surface area contributed by atoms with Crippen LogP contribution in [-0.2, 0) is 4.79 Å². The van der Waals surface area contributed by atoms with Crippen molar-refractivity contribution in [1.29, 1.82) is 0 Å². The van der Waals surface area contributed by atoms with Crippen LogP contribution in [0.4, 0.5) is 0 Å². The third kappa shape index (κ3) is 2.94. The Hall–Kier alpha value is -1.51. The highest BCUT2D eigenvalue weighted by molar-refractivity contribution is 5.78. The molecule has 0 unspecified atom stereocenters. The van der Waals surface area contributed by atoms with E-state index in [1.54, 1.807) is 0 Å². The van der Waals surface area contributed by atoms with Gasteiger partial charge in [0.05, 0.1) is 0 Å². The fourth-order valence-electron chi connectivity index (χ4n) is 6.13. The van der Waals surface area contributed by atoms with Crippen LogP contribution >= 0.6 is 0 Å². The fraction of sp³-hybridized carbons (Fsp3) is 0.667. The second-order valence-corrected chi connectivity index (χ2v) is 8.76. The van der Waals surface area contributed by atoms with Crippen LogP contribution in [0.15, 0.2) is 12.1 Å². The molecule has 130 valence electrons. The number of hydrogen-bond donors (Lipinski definition) is 1. The van der Waals surface area contributed by atoms with E-state index < -0.39 is 0 Å². The number of carbonyl (C=O) groups excluding carboxylic acids is 1. The van der Waals surface area contributed by atoms with Crippen molar-refractivity contribution in [2.75, 3.05) is 6.61 Å². The summed E-state index contributed by atoms with van der Waals surface area (Å²) >= 11 is 0. The molecular formula is C21H29NO2. The molecule has 4 aliphatic carbocycles. The maximum atomic E-state index is 12.6. The van der Waals surface area contributed by atoms with Crippen LogP contribution in [-0.4, -0.2) is 18.1 Å². The van der Waals surface area contributed by atoms with E-state index in [0.29, 0.717) is 0 Å². The molecule has 0 radical (unpaired) electrons. The summed E-state index contributed by atoms with van der Waals surface area (Å²) in [5.41, 5.74) is 3.52. The Morgan fingerprint density at radius 2 is 1.54 bits per heavy atom. The predicted molar refractivity (Wildman–Crippen MR) is 95.2 cm³/mol. The molecule has 1 aromatic carbocycles. The summed E-state index contributed by atoms with van der Waals surface area (Å²) in [4.78, 5) is 12.6. The van der Waals surface area contributed by atoms with Gasteiger partial charge in [0.1, 0.15) is 5.75 Å². The molecule has 4 bridgehead atoms. The van der Waals surface area contributed by atoms with Gasteiger partial charge in [0.25, 0.3) is 5.91 Å². The molecule has 5 rings (SSSR count). The van der Waals surface area contributed by atoms with E-state index in [4.69, 9.17) is 4.74 Å². The first-order chi connectivity index (χ1) is 11.4. The van der Waals surface area contributed by atoms with Gasteiger partial charge in [0, 0.05) is 5.54 Å². The fourth-order valence-corrected chi connectivity index (χ4v) is 6.13. The Bertz CT molecular complexity index is 606. The summed E-state index contributed by atoms with van der Waals surface area (Å²) in [7, 11) is 0. The Kier molecular flexibility index (Phi) is 3.85. The molecule has 1 N–H and O–H groups in total. The maximum absolute atomic E-state index is 12.6. The lowest BCUT2D eigenvalue weighted by molar-refractivity contribution is -0.128. The van der Waals surface area contributed by atoms with Crippen LogP contribution in [0.25, 0.3) is 0 Å². The molecule has 4 aliphatic rings.